The van der Waals surface area contributed by atoms with Crippen molar-refractivity contribution in [3.63, 3.8) is 0 Å². The van der Waals surface area contributed by atoms with Gasteiger partial charge >= 0.3 is 0 Å². The molecule has 1 rings (SSSR count). The Morgan fingerprint density at radius 3 is 2.39 bits per heavy atom. The number of hydrogen-bond donors (Lipinski definition) is 1. The van der Waals surface area contributed by atoms with Gasteiger partial charge in [-0.3, -0.25) is 0 Å². The molecule has 1 aromatic rings. The molecule has 0 fully saturated rings. The first-order valence-electron chi connectivity index (χ1n) is 6.59. The number of benzene rings is 1. The summed E-state index contributed by atoms with van der Waals surface area (Å²) in [6.07, 6.45) is 0. The molecular weight excluding hydrogens is 262 g/mol. The molecule has 0 amide bonds. The highest BCUT2D eigenvalue weighted by Gasteiger charge is 2.14. The molecule has 0 aliphatic rings. The fraction of sp³-hybridized carbons (Fsp3) is 0.600. The molecule has 0 aromatic heterocycles. The topological polar surface area (TPSA) is 12.0 Å². The molecule has 0 aliphatic heterocycles. The third-order valence-corrected chi connectivity index (χ3v) is 5.05. The molecule has 1 aromatic carbocycles. The normalized spacial score (nSPS) is 13.3. The van der Waals surface area contributed by atoms with Gasteiger partial charge < -0.3 is 5.32 Å². The lowest BCUT2D eigenvalue weighted by Gasteiger charge is -2.19. The van der Waals surface area contributed by atoms with E-state index in [-0.39, 0.29) is 0 Å². The monoisotopic (exact) mass is 285 g/mol. The van der Waals surface area contributed by atoms with Gasteiger partial charge in [-0.25, -0.2) is 0 Å². The van der Waals surface area contributed by atoms with Crippen LogP contribution in [0.5, 0.6) is 0 Å². The molecular formula is C15H24ClNS. The van der Waals surface area contributed by atoms with Gasteiger partial charge in [-0.15, -0.1) is 11.8 Å². The first-order valence-corrected chi connectivity index (χ1v) is 7.85. The van der Waals surface area contributed by atoms with Gasteiger partial charge in [0.1, 0.15) is 0 Å². The average molecular weight is 286 g/mol. The van der Waals surface area contributed by atoms with Crippen LogP contribution >= 0.6 is 23.4 Å². The fourth-order valence-corrected chi connectivity index (χ4v) is 2.90. The van der Waals surface area contributed by atoms with Crippen molar-refractivity contribution in [1.29, 1.82) is 0 Å². The lowest BCUT2D eigenvalue weighted by atomic mass is 10.2. The Labute approximate surface area is 121 Å². The minimum absolute atomic E-state index is 0.490. The molecule has 0 aliphatic carbocycles. The van der Waals surface area contributed by atoms with Crippen LogP contribution in [0.3, 0.4) is 0 Å². The van der Waals surface area contributed by atoms with Crippen LogP contribution in [0.2, 0.25) is 5.02 Å². The molecule has 0 radical (unpaired) electrons. The Morgan fingerprint density at radius 1 is 1.17 bits per heavy atom. The second kappa shape index (κ2) is 7.42. The van der Waals surface area contributed by atoms with E-state index in [0.717, 1.165) is 11.6 Å². The largest absolute Gasteiger partial charge is 0.310 e. The van der Waals surface area contributed by atoms with Gasteiger partial charge in [0.15, 0.2) is 0 Å². The summed E-state index contributed by atoms with van der Waals surface area (Å²) in [5.41, 5.74) is 1.30. The summed E-state index contributed by atoms with van der Waals surface area (Å²) in [5.74, 6) is 0.650. The molecule has 1 atom stereocenters. The van der Waals surface area contributed by atoms with E-state index in [2.05, 4.69) is 46.0 Å². The summed E-state index contributed by atoms with van der Waals surface area (Å²) in [7, 11) is 0. The second-order valence-electron chi connectivity index (χ2n) is 5.33. The smallest absolute Gasteiger partial charge is 0.0545 e. The second-order valence-corrected chi connectivity index (χ2v) is 7.13. The SMILES string of the molecule is CC(C)NCc1cccc(Cl)c1SC(C)C(C)C. The van der Waals surface area contributed by atoms with Crippen molar-refractivity contribution < 1.29 is 0 Å². The van der Waals surface area contributed by atoms with Crippen LogP contribution in [0.4, 0.5) is 0 Å². The molecule has 1 N–H and O–H groups in total. The zero-order chi connectivity index (χ0) is 13.7. The molecule has 0 spiro atoms. The Hall–Kier alpha value is -0.180. The summed E-state index contributed by atoms with van der Waals surface area (Å²) in [6.45, 7) is 12.0. The maximum atomic E-state index is 6.34. The van der Waals surface area contributed by atoms with Crippen LogP contribution in [-0.2, 0) is 6.54 Å². The molecule has 3 heteroatoms. The van der Waals surface area contributed by atoms with E-state index in [9.17, 15) is 0 Å². The van der Waals surface area contributed by atoms with Gasteiger partial charge in [-0.2, -0.15) is 0 Å². The highest BCUT2D eigenvalue weighted by atomic mass is 35.5. The van der Waals surface area contributed by atoms with Crippen molar-refractivity contribution in [2.75, 3.05) is 0 Å². The lowest BCUT2D eigenvalue weighted by Crippen LogP contribution is -2.22. The molecule has 102 valence electrons. The molecule has 0 saturated carbocycles. The van der Waals surface area contributed by atoms with Crippen molar-refractivity contribution in [2.45, 2.75) is 57.4 Å². The van der Waals surface area contributed by atoms with Gasteiger partial charge in [-0.05, 0) is 17.5 Å². The third kappa shape index (κ3) is 4.83. The number of thioether (sulfide) groups is 1. The first-order chi connectivity index (χ1) is 8.41. The lowest BCUT2D eigenvalue weighted by molar-refractivity contribution is 0.584. The number of hydrogen-bond acceptors (Lipinski definition) is 2. The van der Waals surface area contributed by atoms with E-state index >= 15 is 0 Å². The highest BCUT2D eigenvalue weighted by Crippen LogP contribution is 2.35. The molecule has 0 saturated heterocycles. The minimum Gasteiger partial charge on any atom is -0.310 e. The van der Waals surface area contributed by atoms with Crippen LogP contribution in [0.15, 0.2) is 23.1 Å². The zero-order valence-corrected chi connectivity index (χ0v) is 13.5. The van der Waals surface area contributed by atoms with E-state index < -0.39 is 0 Å². The fourth-order valence-electron chi connectivity index (χ4n) is 1.46. The number of rotatable bonds is 6. The van der Waals surface area contributed by atoms with Gasteiger partial charge in [0, 0.05) is 22.7 Å². The van der Waals surface area contributed by atoms with Crippen LogP contribution in [0, 0.1) is 5.92 Å². The van der Waals surface area contributed by atoms with E-state index in [1.165, 1.54) is 10.5 Å². The van der Waals surface area contributed by atoms with Crippen LogP contribution in [0.25, 0.3) is 0 Å². The molecule has 0 bridgehead atoms. The zero-order valence-electron chi connectivity index (χ0n) is 12.0. The predicted molar refractivity (Wildman–Crippen MR) is 83.6 cm³/mol. The van der Waals surface area contributed by atoms with Gasteiger partial charge in [0.25, 0.3) is 0 Å². The predicted octanol–water partition coefficient (Wildman–Crippen LogP) is 4.97. The maximum Gasteiger partial charge on any atom is 0.0545 e. The van der Waals surface area contributed by atoms with Crippen LogP contribution in [-0.4, -0.2) is 11.3 Å². The third-order valence-electron chi connectivity index (χ3n) is 2.99. The summed E-state index contributed by atoms with van der Waals surface area (Å²) in [4.78, 5) is 1.23. The van der Waals surface area contributed by atoms with E-state index in [1.807, 2.05) is 23.9 Å². The number of halogens is 1. The Morgan fingerprint density at radius 2 is 1.83 bits per heavy atom. The average Bonchev–Trinajstić information content (AvgIpc) is 2.29. The van der Waals surface area contributed by atoms with Crippen molar-refractivity contribution >= 4 is 23.4 Å². The first kappa shape index (κ1) is 15.9. The summed E-state index contributed by atoms with van der Waals surface area (Å²) in [6, 6.07) is 6.67. The summed E-state index contributed by atoms with van der Waals surface area (Å²) >= 11 is 8.23. The molecule has 1 unspecified atom stereocenters. The Bertz CT molecular complexity index is 377. The van der Waals surface area contributed by atoms with Crippen molar-refractivity contribution in [3.05, 3.63) is 28.8 Å². The van der Waals surface area contributed by atoms with Gasteiger partial charge in [0.2, 0.25) is 0 Å². The quantitative estimate of drug-likeness (QED) is 0.740. The summed E-state index contributed by atoms with van der Waals surface area (Å²) < 4.78 is 0. The van der Waals surface area contributed by atoms with Crippen molar-refractivity contribution in [2.24, 2.45) is 5.92 Å². The molecule has 0 heterocycles. The highest BCUT2D eigenvalue weighted by molar-refractivity contribution is 8.00. The van der Waals surface area contributed by atoms with Gasteiger partial charge in [-0.1, -0.05) is 58.4 Å². The van der Waals surface area contributed by atoms with Crippen LogP contribution < -0.4 is 5.32 Å². The van der Waals surface area contributed by atoms with Crippen molar-refractivity contribution in [3.8, 4) is 0 Å². The van der Waals surface area contributed by atoms with E-state index in [4.69, 9.17) is 11.6 Å². The molecule has 18 heavy (non-hydrogen) atoms. The van der Waals surface area contributed by atoms with E-state index in [1.54, 1.807) is 0 Å². The Kier molecular flexibility index (Phi) is 6.54. The molecule has 1 nitrogen and oxygen atoms in total. The van der Waals surface area contributed by atoms with Gasteiger partial charge in [0.05, 0.1) is 5.02 Å². The Balaban J connectivity index is 2.86. The standard InChI is InChI=1S/C15H24ClNS/c1-10(2)12(5)18-15-13(9-17-11(3)4)7-6-8-14(15)16/h6-8,10-12,17H,9H2,1-5H3. The van der Waals surface area contributed by atoms with Crippen LogP contribution in [0.1, 0.15) is 40.2 Å². The number of nitrogens with one attached hydrogen (secondary N) is 1. The maximum absolute atomic E-state index is 6.34. The minimum atomic E-state index is 0.490. The van der Waals surface area contributed by atoms with E-state index in [0.29, 0.717) is 17.2 Å². The van der Waals surface area contributed by atoms with Crippen molar-refractivity contribution in [1.82, 2.24) is 5.32 Å². The summed E-state index contributed by atoms with van der Waals surface area (Å²) in [5, 5.41) is 4.90.